The molecule has 1 atom stereocenters. The van der Waals surface area contributed by atoms with E-state index in [0.717, 1.165) is 45.6 Å². The molecule has 2 aromatic carbocycles. The van der Waals surface area contributed by atoms with Crippen LogP contribution in [0.5, 0.6) is 0 Å². The van der Waals surface area contributed by atoms with Gasteiger partial charge in [0.2, 0.25) is 0 Å². The van der Waals surface area contributed by atoms with E-state index in [4.69, 9.17) is 0 Å². The Bertz CT molecular complexity index is 752. The normalized spacial score (nSPS) is 20.4. The molecule has 154 valence electrons. The first-order chi connectivity index (χ1) is 14.2. The van der Waals surface area contributed by atoms with Gasteiger partial charge in [0.1, 0.15) is 26.2 Å². The molecular weight excluding hydrogens is 358 g/mol. The summed E-state index contributed by atoms with van der Waals surface area (Å²) in [7, 11) is 0. The highest BCUT2D eigenvalue weighted by Crippen LogP contribution is 2.17. The van der Waals surface area contributed by atoms with E-state index < -0.39 is 0 Å². The molecular formula is C25H35N3O+2. The van der Waals surface area contributed by atoms with Gasteiger partial charge in [0, 0.05) is 0 Å². The number of nitrogens with one attached hydrogen (secondary N) is 3. The molecule has 4 nitrogen and oxygen atoms in total. The minimum atomic E-state index is 0.128. The highest BCUT2D eigenvalue weighted by molar-refractivity contribution is 5.77. The molecule has 0 aromatic heterocycles. The summed E-state index contributed by atoms with van der Waals surface area (Å²) in [6.07, 6.45) is 6.52. The summed E-state index contributed by atoms with van der Waals surface area (Å²) in [6.45, 7) is 8.18. The lowest BCUT2D eigenvalue weighted by Crippen LogP contribution is -3.28. The number of benzene rings is 2. The van der Waals surface area contributed by atoms with E-state index in [0.29, 0.717) is 6.54 Å². The summed E-state index contributed by atoms with van der Waals surface area (Å²) in [4.78, 5) is 15.6. The van der Waals surface area contributed by atoms with Crippen molar-refractivity contribution in [1.82, 2.24) is 5.32 Å². The summed E-state index contributed by atoms with van der Waals surface area (Å²) in [5, 5.41) is 3.27. The molecule has 2 aromatic rings. The molecule has 0 unspecified atom stereocenters. The van der Waals surface area contributed by atoms with Gasteiger partial charge < -0.3 is 15.1 Å². The van der Waals surface area contributed by atoms with Crippen LogP contribution in [0.1, 0.15) is 36.9 Å². The Morgan fingerprint density at radius 1 is 0.966 bits per heavy atom. The second-order valence-electron chi connectivity index (χ2n) is 8.01. The van der Waals surface area contributed by atoms with E-state index in [1.165, 1.54) is 16.0 Å². The summed E-state index contributed by atoms with van der Waals surface area (Å²) in [5.74, 6) is 0.176. The van der Waals surface area contributed by atoms with E-state index in [-0.39, 0.29) is 11.9 Å². The van der Waals surface area contributed by atoms with Crippen molar-refractivity contribution in [2.45, 2.75) is 25.8 Å². The lowest BCUT2D eigenvalue weighted by Gasteiger charge is -2.29. The Hall–Kier alpha value is -2.43. The van der Waals surface area contributed by atoms with Crippen LogP contribution in [0.15, 0.2) is 66.7 Å². The predicted octanol–water partition coefficient (Wildman–Crippen LogP) is 1.14. The second-order valence-corrected chi connectivity index (χ2v) is 8.01. The fourth-order valence-electron chi connectivity index (χ4n) is 4.03. The molecule has 1 fully saturated rings. The zero-order chi connectivity index (χ0) is 20.3. The molecule has 29 heavy (non-hydrogen) atoms. The van der Waals surface area contributed by atoms with Crippen molar-refractivity contribution in [2.24, 2.45) is 0 Å². The number of amides is 1. The number of hydrogen-bond donors (Lipinski definition) is 3. The lowest BCUT2D eigenvalue weighted by molar-refractivity contribution is -1.01. The van der Waals surface area contributed by atoms with Gasteiger partial charge in [-0.1, -0.05) is 80.1 Å². The quantitative estimate of drug-likeness (QED) is 0.587. The van der Waals surface area contributed by atoms with E-state index in [1.807, 2.05) is 24.3 Å². The van der Waals surface area contributed by atoms with Crippen molar-refractivity contribution >= 4 is 12.0 Å². The predicted molar refractivity (Wildman–Crippen MR) is 119 cm³/mol. The standard InChI is InChI=1S/C25H33N3O/c1-2-10-24(23-14-7-4-8-15-23)26-25(29)21-28-19-17-27(18-20-28)16-9-13-22-11-5-3-6-12-22/h3-9,11-15,24H,2,10,16-21H2,1H3,(H,26,29)/p+2/b13-9+/t24-/m1/s1. The number of carbonyl (C=O) groups is 1. The highest BCUT2D eigenvalue weighted by atomic mass is 16.2. The molecule has 0 radical (unpaired) electrons. The van der Waals surface area contributed by atoms with E-state index >= 15 is 0 Å². The third kappa shape index (κ3) is 7.15. The Balaban J connectivity index is 1.40. The van der Waals surface area contributed by atoms with Crippen molar-refractivity contribution in [2.75, 3.05) is 39.3 Å². The Morgan fingerprint density at radius 2 is 1.59 bits per heavy atom. The van der Waals surface area contributed by atoms with Crippen LogP contribution >= 0.6 is 0 Å². The second kappa shape index (κ2) is 11.5. The molecule has 0 aliphatic carbocycles. The zero-order valence-corrected chi connectivity index (χ0v) is 17.6. The zero-order valence-electron chi connectivity index (χ0n) is 17.6. The van der Waals surface area contributed by atoms with Crippen LogP contribution in [-0.2, 0) is 4.79 Å². The number of carbonyl (C=O) groups excluding carboxylic acids is 1. The third-order valence-electron chi connectivity index (χ3n) is 5.71. The lowest BCUT2D eigenvalue weighted by atomic mass is 10.0. The summed E-state index contributed by atoms with van der Waals surface area (Å²) in [5.41, 5.74) is 2.46. The van der Waals surface area contributed by atoms with Gasteiger partial charge in [-0.05, 0) is 23.6 Å². The third-order valence-corrected chi connectivity index (χ3v) is 5.71. The first-order valence-corrected chi connectivity index (χ1v) is 11.0. The van der Waals surface area contributed by atoms with Gasteiger partial charge >= 0.3 is 0 Å². The van der Waals surface area contributed by atoms with Gasteiger partial charge in [0.25, 0.3) is 5.91 Å². The maximum absolute atomic E-state index is 12.6. The molecule has 0 spiro atoms. The Kier molecular flexibility index (Phi) is 8.47. The summed E-state index contributed by atoms with van der Waals surface area (Å²) in [6, 6.07) is 20.9. The monoisotopic (exact) mass is 393 g/mol. The van der Waals surface area contributed by atoms with Crippen molar-refractivity contribution in [3.63, 3.8) is 0 Å². The van der Waals surface area contributed by atoms with Crippen LogP contribution < -0.4 is 15.1 Å². The van der Waals surface area contributed by atoms with Crippen LogP contribution in [0.4, 0.5) is 0 Å². The van der Waals surface area contributed by atoms with Gasteiger partial charge in [-0.3, -0.25) is 4.79 Å². The molecule has 0 bridgehead atoms. The minimum Gasteiger partial charge on any atom is -0.344 e. The molecule has 1 amide bonds. The smallest absolute Gasteiger partial charge is 0.275 e. The minimum absolute atomic E-state index is 0.128. The van der Waals surface area contributed by atoms with Gasteiger partial charge in [-0.15, -0.1) is 0 Å². The van der Waals surface area contributed by atoms with E-state index in [2.05, 4.69) is 60.8 Å². The van der Waals surface area contributed by atoms with Crippen molar-refractivity contribution in [1.29, 1.82) is 0 Å². The topological polar surface area (TPSA) is 38.0 Å². The number of hydrogen-bond acceptors (Lipinski definition) is 1. The Morgan fingerprint density at radius 3 is 2.24 bits per heavy atom. The van der Waals surface area contributed by atoms with Gasteiger partial charge in [-0.2, -0.15) is 0 Å². The van der Waals surface area contributed by atoms with Gasteiger partial charge in [-0.25, -0.2) is 0 Å². The molecule has 0 saturated carbocycles. The maximum atomic E-state index is 12.6. The fourth-order valence-corrected chi connectivity index (χ4v) is 4.03. The highest BCUT2D eigenvalue weighted by Gasteiger charge is 2.25. The van der Waals surface area contributed by atoms with Crippen molar-refractivity contribution in [3.05, 3.63) is 77.9 Å². The molecule has 3 rings (SSSR count). The van der Waals surface area contributed by atoms with Crippen LogP contribution in [0.2, 0.25) is 0 Å². The van der Waals surface area contributed by atoms with Crippen molar-refractivity contribution < 1.29 is 14.6 Å². The summed E-state index contributed by atoms with van der Waals surface area (Å²) >= 11 is 0. The fraction of sp³-hybridized carbons (Fsp3) is 0.400. The number of rotatable bonds is 9. The van der Waals surface area contributed by atoms with Gasteiger partial charge in [0.15, 0.2) is 6.54 Å². The van der Waals surface area contributed by atoms with Crippen LogP contribution in [0, 0.1) is 0 Å². The number of quaternary nitrogens is 2. The average Bonchev–Trinajstić information content (AvgIpc) is 2.76. The molecule has 1 heterocycles. The van der Waals surface area contributed by atoms with E-state index in [9.17, 15) is 4.79 Å². The average molecular weight is 394 g/mol. The molecule has 4 heteroatoms. The maximum Gasteiger partial charge on any atom is 0.275 e. The molecule has 1 aliphatic heterocycles. The van der Waals surface area contributed by atoms with E-state index in [1.54, 1.807) is 4.90 Å². The number of piperazine rings is 1. The van der Waals surface area contributed by atoms with Gasteiger partial charge in [0.05, 0.1) is 12.6 Å². The largest absolute Gasteiger partial charge is 0.344 e. The van der Waals surface area contributed by atoms with Crippen LogP contribution in [0.3, 0.4) is 0 Å². The van der Waals surface area contributed by atoms with Crippen LogP contribution in [0.25, 0.3) is 6.08 Å². The SMILES string of the molecule is CCC[C@@H](NC(=O)C[NH+]1CC[NH+](C/C=C/c2ccccc2)CC1)c1ccccc1. The molecule has 3 N–H and O–H groups in total. The first-order valence-electron chi connectivity index (χ1n) is 11.0. The first kappa shape index (κ1) is 21.3. The summed E-state index contributed by atoms with van der Waals surface area (Å²) < 4.78 is 0. The van der Waals surface area contributed by atoms with Crippen LogP contribution in [-0.4, -0.2) is 45.2 Å². The Labute approximate surface area is 175 Å². The molecule has 1 saturated heterocycles. The molecule has 1 aliphatic rings. The van der Waals surface area contributed by atoms with Crippen molar-refractivity contribution in [3.8, 4) is 0 Å².